The van der Waals surface area contributed by atoms with Crippen LogP contribution in [0, 0.1) is 15.9 Å². The van der Waals surface area contributed by atoms with Crippen LogP contribution in [0.25, 0.3) is 0 Å². The summed E-state index contributed by atoms with van der Waals surface area (Å²) in [5.74, 6) is -0.765. The number of nitrogens with zero attached hydrogens (tertiary/aromatic N) is 2. The molecule has 2 fully saturated rings. The topological polar surface area (TPSA) is 58.4 Å². The molecule has 2 aliphatic heterocycles. The van der Waals surface area contributed by atoms with Gasteiger partial charge in [-0.25, -0.2) is 0 Å². The van der Waals surface area contributed by atoms with Gasteiger partial charge in [-0.05, 0) is 44.4 Å². The van der Waals surface area contributed by atoms with Crippen molar-refractivity contribution in [3.63, 3.8) is 0 Å². The Morgan fingerprint density at radius 3 is 2.62 bits per heavy atom. The van der Waals surface area contributed by atoms with Gasteiger partial charge in [0, 0.05) is 29.9 Å². The fraction of sp³-hybridized carbons (Fsp3) is 0.600. The van der Waals surface area contributed by atoms with E-state index < -0.39 is 16.4 Å². The van der Waals surface area contributed by atoms with E-state index in [1.165, 1.54) is 12.1 Å². The molecule has 1 N–H and O–H groups in total. The summed E-state index contributed by atoms with van der Waals surface area (Å²) >= 11 is 0. The Morgan fingerprint density at radius 1 is 1.38 bits per heavy atom. The number of hydrogen-bond donors (Lipinski definition) is 1. The van der Waals surface area contributed by atoms with Crippen LogP contribution in [0.2, 0.25) is 0 Å². The number of rotatable bonds is 4. The Labute approximate surface area is 123 Å². The molecule has 3 rings (SSSR count). The van der Waals surface area contributed by atoms with Crippen molar-refractivity contribution in [3.05, 3.63) is 34.1 Å². The van der Waals surface area contributed by atoms with E-state index in [0.717, 1.165) is 37.9 Å². The quantitative estimate of drug-likeness (QED) is 0.685. The Morgan fingerprint density at radius 2 is 2.05 bits per heavy atom. The van der Waals surface area contributed by atoms with E-state index in [0.29, 0.717) is 18.1 Å². The highest BCUT2D eigenvalue weighted by molar-refractivity contribution is 5.56. The molecule has 21 heavy (non-hydrogen) atoms. The lowest BCUT2D eigenvalue weighted by Crippen LogP contribution is -2.49. The lowest BCUT2D eigenvalue weighted by Gasteiger charge is -2.40. The summed E-state index contributed by atoms with van der Waals surface area (Å²) in [5, 5.41) is 14.4. The minimum atomic E-state index is -0.765. The molecule has 0 aromatic heterocycles. The van der Waals surface area contributed by atoms with Crippen LogP contribution in [-0.4, -0.2) is 29.6 Å². The molecule has 2 unspecified atom stereocenters. The van der Waals surface area contributed by atoms with Crippen molar-refractivity contribution in [2.75, 3.05) is 11.4 Å². The number of hydrogen-bond acceptors (Lipinski definition) is 4. The fourth-order valence-corrected chi connectivity index (χ4v) is 3.86. The summed E-state index contributed by atoms with van der Waals surface area (Å²) in [6, 6.07) is 5.59. The van der Waals surface area contributed by atoms with Crippen LogP contribution in [0.15, 0.2) is 18.2 Å². The first kappa shape index (κ1) is 14.3. The number of nitrogens with one attached hydrogen (secondary N) is 1. The molecular weight excluding hydrogens is 273 g/mol. The van der Waals surface area contributed by atoms with E-state index in [-0.39, 0.29) is 0 Å². The van der Waals surface area contributed by atoms with Crippen molar-refractivity contribution in [2.45, 2.75) is 50.7 Å². The third-order valence-corrected chi connectivity index (χ3v) is 4.65. The average molecular weight is 293 g/mol. The largest absolute Gasteiger partial charge is 0.365 e. The van der Waals surface area contributed by atoms with Crippen molar-refractivity contribution in [3.8, 4) is 0 Å². The number of nitro groups is 1. The molecule has 6 heteroatoms. The molecule has 0 spiro atoms. The van der Waals surface area contributed by atoms with E-state index >= 15 is 0 Å². The smallest absolute Gasteiger partial charge is 0.306 e. The molecule has 2 bridgehead atoms. The zero-order valence-electron chi connectivity index (χ0n) is 12.1. The van der Waals surface area contributed by atoms with Gasteiger partial charge in [0.2, 0.25) is 5.82 Å². The summed E-state index contributed by atoms with van der Waals surface area (Å²) in [7, 11) is 0. The molecule has 2 atom stereocenters. The third kappa shape index (κ3) is 2.60. The number of anilines is 1. The van der Waals surface area contributed by atoms with E-state index in [4.69, 9.17) is 0 Å². The van der Waals surface area contributed by atoms with Crippen LogP contribution in [-0.2, 0) is 0 Å². The summed E-state index contributed by atoms with van der Waals surface area (Å²) in [4.78, 5) is 12.5. The summed E-state index contributed by atoms with van der Waals surface area (Å²) < 4.78 is 13.5. The number of benzene rings is 1. The normalized spacial score (nSPS) is 27.9. The summed E-state index contributed by atoms with van der Waals surface area (Å²) in [6.45, 7) is 3.07. The minimum absolute atomic E-state index is 0.401. The van der Waals surface area contributed by atoms with E-state index in [9.17, 15) is 14.5 Å². The zero-order chi connectivity index (χ0) is 15.0. The van der Waals surface area contributed by atoms with Crippen LogP contribution in [0.4, 0.5) is 15.8 Å². The van der Waals surface area contributed by atoms with E-state index in [1.807, 2.05) is 0 Å². The van der Waals surface area contributed by atoms with Gasteiger partial charge in [0.05, 0.1) is 4.92 Å². The van der Waals surface area contributed by atoms with Crippen molar-refractivity contribution >= 4 is 11.4 Å². The first-order chi connectivity index (χ1) is 10.1. The van der Waals surface area contributed by atoms with Crippen LogP contribution in [0.3, 0.4) is 0 Å². The monoisotopic (exact) mass is 293 g/mol. The highest BCUT2D eigenvalue weighted by Gasteiger charge is 2.40. The molecule has 2 heterocycles. The minimum Gasteiger partial charge on any atom is -0.365 e. The standard InChI is InChI=1S/C15H20FN3O2/c1-2-17-10-7-11-3-4-12(8-10)18(11)13-5-6-14(16)15(9-13)19(20)21/h5-6,9-12,17H,2-4,7-8H2,1H3. The van der Waals surface area contributed by atoms with Gasteiger partial charge >= 0.3 is 5.69 Å². The predicted molar refractivity (Wildman–Crippen MR) is 79.0 cm³/mol. The van der Waals surface area contributed by atoms with Gasteiger partial charge in [-0.15, -0.1) is 0 Å². The van der Waals surface area contributed by atoms with Crippen LogP contribution in [0.1, 0.15) is 32.6 Å². The summed E-state index contributed by atoms with van der Waals surface area (Å²) in [6.07, 6.45) is 4.32. The lowest BCUT2D eigenvalue weighted by molar-refractivity contribution is -0.387. The second-order valence-electron chi connectivity index (χ2n) is 5.91. The zero-order valence-corrected chi connectivity index (χ0v) is 12.1. The first-order valence-electron chi connectivity index (χ1n) is 7.55. The maximum atomic E-state index is 13.5. The van der Waals surface area contributed by atoms with E-state index in [1.54, 1.807) is 6.07 Å². The first-order valence-corrected chi connectivity index (χ1v) is 7.55. The molecule has 1 aromatic carbocycles. The molecule has 114 valence electrons. The van der Waals surface area contributed by atoms with Crippen LogP contribution >= 0.6 is 0 Å². The average Bonchev–Trinajstić information content (AvgIpc) is 2.71. The Kier molecular flexibility index (Phi) is 3.80. The van der Waals surface area contributed by atoms with Crippen molar-refractivity contribution in [1.29, 1.82) is 0 Å². The van der Waals surface area contributed by atoms with Gasteiger partial charge < -0.3 is 10.2 Å². The van der Waals surface area contributed by atoms with Crippen molar-refractivity contribution in [2.24, 2.45) is 0 Å². The molecule has 5 nitrogen and oxygen atoms in total. The number of fused-ring (bicyclic) bond motifs is 2. The van der Waals surface area contributed by atoms with Gasteiger partial charge in [-0.2, -0.15) is 4.39 Å². The van der Waals surface area contributed by atoms with Crippen molar-refractivity contribution < 1.29 is 9.31 Å². The molecule has 1 aromatic rings. The number of nitro benzene ring substituents is 1. The Balaban J connectivity index is 1.85. The Bertz CT molecular complexity index is 538. The van der Waals surface area contributed by atoms with Gasteiger partial charge in [-0.1, -0.05) is 6.92 Å². The SMILES string of the molecule is CCNC1CC2CCC(C1)N2c1ccc(F)c([N+](=O)[O-])c1. The molecule has 0 amide bonds. The molecule has 0 radical (unpaired) electrons. The molecule has 2 aliphatic rings. The second-order valence-corrected chi connectivity index (χ2v) is 5.91. The molecule has 2 saturated heterocycles. The molecule has 0 aliphatic carbocycles. The van der Waals surface area contributed by atoms with Gasteiger partial charge in [0.1, 0.15) is 0 Å². The molecular formula is C15H20FN3O2. The van der Waals surface area contributed by atoms with E-state index in [2.05, 4.69) is 17.1 Å². The highest BCUT2D eigenvalue weighted by Crippen LogP contribution is 2.40. The maximum absolute atomic E-state index is 13.5. The summed E-state index contributed by atoms with van der Waals surface area (Å²) in [5.41, 5.74) is 0.353. The predicted octanol–water partition coefficient (Wildman–Crippen LogP) is 2.84. The number of piperidine rings is 1. The fourth-order valence-electron chi connectivity index (χ4n) is 3.86. The molecule has 0 saturated carbocycles. The number of halogens is 1. The maximum Gasteiger partial charge on any atom is 0.306 e. The van der Waals surface area contributed by atoms with Gasteiger partial charge in [0.25, 0.3) is 0 Å². The van der Waals surface area contributed by atoms with Crippen LogP contribution in [0.5, 0.6) is 0 Å². The second kappa shape index (κ2) is 5.60. The highest BCUT2D eigenvalue weighted by atomic mass is 19.1. The van der Waals surface area contributed by atoms with Crippen LogP contribution < -0.4 is 10.2 Å². The third-order valence-electron chi connectivity index (χ3n) is 4.65. The lowest BCUT2D eigenvalue weighted by atomic mass is 9.96. The Hall–Kier alpha value is -1.69. The van der Waals surface area contributed by atoms with Gasteiger partial charge in [-0.3, -0.25) is 10.1 Å². The van der Waals surface area contributed by atoms with Gasteiger partial charge in [0.15, 0.2) is 0 Å². The van der Waals surface area contributed by atoms with Crippen molar-refractivity contribution in [1.82, 2.24) is 5.32 Å².